The normalized spacial score (nSPS) is 15.8. The molecule has 0 amide bonds. The van der Waals surface area contributed by atoms with Crippen LogP contribution in [0.25, 0.3) is 0 Å². The molecule has 3 unspecified atom stereocenters. The summed E-state index contributed by atoms with van der Waals surface area (Å²) in [5, 5.41) is 4.60. The summed E-state index contributed by atoms with van der Waals surface area (Å²) in [6.45, 7) is 7.17. The van der Waals surface area contributed by atoms with E-state index in [1.165, 1.54) is 0 Å². The average Bonchev–Trinajstić information content (AvgIpc) is 2.42. The van der Waals surface area contributed by atoms with Crippen molar-refractivity contribution in [2.24, 2.45) is 0 Å². The second-order valence-corrected chi connectivity index (χ2v) is 7.26. The zero-order chi connectivity index (χ0) is 15.1. The largest absolute Gasteiger partial charge is 0.313 e. The van der Waals surface area contributed by atoms with Crippen LogP contribution in [0.5, 0.6) is 0 Å². The van der Waals surface area contributed by atoms with E-state index in [-0.39, 0.29) is 11.3 Å². The van der Waals surface area contributed by atoms with E-state index in [0.29, 0.717) is 14.9 Å². The average molecular weight is 336 g/mol. The van der Waals surface area contributed by atoms with Gasteiger partial charge in [-0.1, -0.05) is 50.4 Å². The molecule has 0 aliphatic rings. The Morgan fingerprint density at radius 1 is 1.25 bits per heavy atom. The molecule has 0 aliphatic carbocycles. The maximum absolute atomic E-state index is 12.9. The zero-order valence-corrected chi connectivity index (χ0v) is 14.6. The van der Waals surface area contributed by atoms with Crippen molar-refractivity contribution in [2.75, 3.05) is 6.54 Å². The molecule has 0 saturated heterocycles. The summed E-state index contributed by atoms with van der Waals surface area (Å²) in [5.41, 5.74) is 0. The summed E-state index contributed by atoms with van der Waals surface area (Å²) in [6, 6.07) is 5.40. The number of hydrogen-bond acceptors (Lipinski definition) is 2. The Kier molecular flexibility index (Phi) is 8.11. The number of halogens is 2. The van der Waals surface area contributed by atoms with Crippen LogP contribution in [0.2, 0.25) is 10.0 Å². The second kappa shape index (κ2) is 9.04. The molecule has 1 aromatic rings. The molecule has 3 atom stereocenters. The first-order valence-electron chi connectivity index (χ1n) is 7.14. The van der Waals surface area contributed by atoms with Crippen LogP contribution in [0.3, 0.4) is 0 Å². The summed E-state index contributed by atoms with van der Waals surface area (Å²) in [6.07, 6.45) is 2.91. The highest BCUT2D eigenvalue weighted by molar-refractivity contribution is 7.85. The Hall–Kier alpha value is -0.0900. The van der Waals surface area contributed by atoms with Crippen molar-refractivity contribution in [1.29, 1.82) is 0 Å². The third-order valence-electron chi connectivity index (χ3n) is 3.30. The maximum Gasteiger partial charge on any atom is 0.0592 e. The predicted molar refractivity (Wildman–Crippen MR) is 89.3 cm³/mol. The maximum atomic E-state index is 12.9. The van der Waals surface area contributed by atoms with Gasteiger partial charge in [0.05, 0.1) is 26.0 Å². The Morgan fingerprint density at radius 2 is 1.95 bits per heavy atom. The second-order valence-electron chi connectivity index (χ2n) is 4.77. The minimum atomic E-state index is -1.16. The van der Waals surface area contributed by atoms with Crippen LogP contribution in [-0.2, 0) is 10.8 Å². The first-order chi connectivity index (χ1) is 9.54. The minimum absolute atomic E-state index is 0.0471. The SMILES string of the molecule is CCCC(NCC)C(CC)S(=O)c1cc(Cl)ccc1Cl. The van der Waals surface area contributed by atoms with Crippen LogP contribution in [-0.4, -0.2) is 22.0 Å². The van der Waals surface area contributed by atoms with Gasteiger partial charge in [-0.05, 0) is 37.6 Å². The van der Waals surface area contributed by atoms with E-state index in [2.05, 4.69) is 26.1 Å². The minimum Gasteiger partial charge on any atom is -0.313 e. The van der Waals surface area contributed by atoms with Crippen molar-refractivity contribution in [2.45, 2.75) is 56.2 Å². The first-order valence-corrected chi connectivity index (χ1v) is 9.10. The van der Waals surface area contributed by atoms with Gasteiger partial charge in [0.25, 0.3) is 0 Å². The number of benzene rings is 1. The quantitative estimate of drug-likeness (QED) is 0.748. The van der Waals surface area contributed by atoms with Crippen LogP contribution in [0, 0.1) is 0 Å². The molecular weight excluding hydrogens is 313 g/mol. The molecule has 0 aliphatic heterocycles. The summed E-state index contributed by atoms with van der Waals surface area (Å²) in [7, 11) is -1.16. The van der Waals surface area contributed by atoms with Crippen molar-refractivity contribution in [3.05, 3.63) is 28.2 Å². The summed E-state index contributed by atoms with van der Waals surface area (Å²) < 4.78 is 12.9. The Labute approximate surface area is 134 Å². The van der Waals surface area contributed by atoms with Gasteiger partial charge >= 0.3 is 0 Å². The predicted octanol–water partition coefficient (Wildman–Crippen LogP) is 4.66. The van der Waals surface area contributed by atoms with Gasteiger partial charge in [0.1, 0.15) is 0 Å². The van der Waals surface area contributed by atoms with Crippen LogP contribution in [0.15, 0.2) is 23.1 Å². The highest BCUT2D eigenvalue weighted by Crippen LogP contribution is 2.28. The molecule has 20 heavy (non-hydrogen) atoms. The van der Waals surface area contributed by atoms with Crippen LogP contribution in [0.4, 0.5) is 0 Å². The number of hydrogen-bond donors (Lipinski definition) is 1. The molecule has 0 fully saturated rings. The topological polar surface area (TPSA) is 29.1 Å². The van der Waals surface area contributed by atoms with E-state index in [4.69, 9.17) is 23.2 Å². The number of rotatable bonds is 8. The first kappa shape index (κ1) is 18.0. The van der Waals surface area contributed by atoms with Gasteiger partial charge in [0, 0.05) is 11.1 Å². The van der Waals surface area contributed by atoms with E-state index in [0.717, 1.165) is 25.8 Å². The fourth-order valence-electron chi connectivity index (χ4n) is 2.37. The smallest absolute Gasteiger partial charge is 0.0592 e. The lowest BCUT2D eigenvalue weighted by molar-refractivity contribution is 0.458. The van der Waals surface area contributed by atoms with Crippen LogP contribution >= 0.6 is 23.2 Å². The van der Waals surface area contributed by atoms with Gasteiger partial charge in [0.2, 0.25) is 0 Å². The van der Waals surface area contributed by atoms with Gasteiger partial charge in [0.15, 0.2) is 0 Å². The summed E-state index contributed by atoms with van der Waals surface area (Å²) in [5.74, 6) is 0. The zero-order valence-electron chi connectivity index (χ0n) is 12.3. The van der Waals surface area contributed by atoms with E-state index in [1.54, 1.807) is 18.2 Å². The van der Waals surface area contributed by atoms with E-state index in [9.17, 15) is 4.21 Å². The van der Waals surface area contributed by atoms with E-state index >= 15 is 0 Å². The lowest BCUT2D eigenvalue weighted by Crippen LogP contribution is -2.41. The Balaban J connectivity index is 3.03. The third kappa shape index (κ3) is 4.73. The van der Waals surface area contributed by atoms with Gasteiger partial charge < -0.3 is 5.32 Å². The molecule has 114 valence electrons. The molecule has 0 saturated carbocycles. The molecule has 0 bridgehead atoms. The fourth-order valence-corrected chi connectivity index (χ4v) is 4.62. The van der Waals surface area contributed by atoms with Crippen LogP contribution in [0.1, 0.15) is 40.0 Å². The highest BCUT2D eigenvalue weighted by Gasteiger charge is 2.26. The molecular formula is C15H23Cl2NOS. The highest BCUT2D eigenvalue weighted by atomic mass is 35.5. The van der Waals surface area contributed by atoms with Gasteiger partial charge in [-0.25, -0.2) is 0 Å². The molecule has 1 N–H and O–H groups in total. The van der Waals surface area contributed by atoms with Crippen molar-refractivity contribution in [1.82, 2.24) is 5.32 Å². The molecule has 1 aromatic carbocycles. The van der Waals surface area contributed by atoms with Crippen molar-refractivity contribution >= 4 is 34.0 Å². The van der Waals surface area contributed by atoms with Crippen molar-refractivity contribution < 1.29 is 4.21 Å². The Bertz CT molecular complexity index is 447. The number of nitrogens with one attached hydrogen (secondary N) is 1. The van der Waals surface area contributed by atoms with Gasteiger partial charge in [-0.3, -0.25) is 4.21 Å². The standard InChI is InChI=1S/C15H23Cl2NOS/c1-4-7-13(18-6-3)14(5-2)20(19)15-10-11(16)8-9-12(15)17/h8-10,13-14,18H,4-7H2,1-3H3. The van der Waals surface area contributed by atoms with Crippen molar-refractivity contribution in [3.63, 3.8) is 0 Å². The lowest BCUT2D eigenvalue weighted by Gasteiger charge is -2.26. The molecule has 2 nitrogen and oxygen atoms in total. The van der Waals surface area contributed by atoms with E-state index < -0.39 is 10.8 Å². The van der Waals surface area contributed by atoms with E-state index in [1.807, 2.05) is 0 Å². The molecule has 0 aromatic heterocycles. The molecule has 1 rings (SSSR count). The van der Waals surface area contributed by atoms with Gasteiger partial charge in [-0.2, -0.15) is 0 Å². The third-order valence-corrected chi connectivity index (χ3v) is 5.96. The molecule has 0 radical (unpaired) electrons. The molecule has 0 spiro atoms. The van der Waals surface area contributed by atoms with Crippen molar-refractivity contribution in [3.8, 4) is 0 Å². The van der Waals surface area contributed by atoms with Gasteiger partial charge in [-0.15, -0.1) is 0 Å². The van der Waals surface area contributed by atoms with Crippen LogP contribution < -0.4 is 5.32 Å². The molecule has 0 heterocycles. The lowest BCUT2D eigenvalue weighted by atomic mass is 10.1. The molecule has 5 heteroatoms. The summed E-state index contributed by atoms with van der Waals surface area (Å²) >= 11 is 12.2. The Morgan fingerprint density at radius 3 is 2.50 bits per heavy atom. The monoisotopic (exact) mass is 335 g/mol. The summed E-state index contributed by atoms with van der Waals surface area (Å²) in [4.78, 5) is 0.644. The fraction of sp³-hybridized carbons (Fsp3) is 0.600.